The van der Waals surface area contributed by atoms with Crippen molar-refractivity contribution in [2.24, 2.45) is 0 Å². The third-order valence-electron chi connectivity index (χ3n) is 2.01. The maximum Gasteiger partial charge on any atom is 0.123 e. The van der Waals surface area contributed by atoms with E-state index in [1.807, 2.05) is 6.92 Å². The van der Waals surface area contributed by atoms with Gasteiger partial charge in [0.2, 0.25) is 0 Å². The van der Waals surface area contributed by atoms with Gasteiger partial charge >= 0.3 is 0 Å². The normalized spacial score (nSPS) is 10.8. The fourth-order valence-corrected chi connectivity index (χ4v) is 1.61. The van der Waals surface area contributed by atoms with Crippen LogP contribution >= 0.6 is 11.6 Å². The minimum atomic E-state index is -0.227. The largest absolute Gasteiger partial charge is 0.207 e. The van der Waals surface area contributed by atoms with Gasteiger partial charge in [-0.15, -0.1) is 0 Å². The lowest BCUT2D eigenvalue weighted by Gasteiger charge is -2.11. The van der Waals surface area contributed by atoms with Crippen molar-refractivity contribution in [3.63, 3.8) is 0 Å². The van der Waals surface area contributed by atoms with Crippen molar-refractivity contribution in [2.75, 3.05) is 0 Å². The van der Waals surface area contributed by atoms with Crippen LogP contribution in [0.25, 0.3) is 0 Å². The smallest absolute Gasteiger partial charge is 0.123 e. The van der Waals surface area contributed by atoms with Crippen LogP contribution in [0.4, 0.5) is 4.39 Å². The molecule has 0 N–H and O–H groups in total. The molecular formula is C11H13ClF. The molecule has 0 atom stereocenters. The zero-order valence-corrected chi connectivity index (χ0v) is 8.66. The molecule has 1 rings (SSSR count). The Kier molecular flexibility index (Phi) is 3.73. The minimum absolute atomic E-state index is 0.227. The molecule has 0 aliphatic heterocycles. The number of hydrogen-bond donors (Lipinski definition) is 0. The van der Waals surface area contributed by atoms with Gasteiger partial charge in [-0.1, -0.05) is 31.9 Å². The van der Waals surface area contributed by atoms with Crippen molar-refractivity contribution in [2.45, 2.75) is 26.7 Å². The first-order valence-electron chi connectivity index (χ1n) is 4.43. The SMILES string of the molecule is CCC[C](C)c1cc(F)ccc1Cl. The van der Waals surface area contributed by atoms with Crippen LogP contribution in [0.2, 0.25) is 5.02 Å². The highest BCUT2D eigenvalue weighted by molar-refractivity contribution is 6.31. The third kappa shape index (κ3) is 2.70. The third-order valence-corrected chi connectivity index (χ3v) is 2.34. The Balaban J connectivity index is 2.91. The summed E-state index contributed by atoms with van der Waals surface area (Å²) in [6.07, 6.45) is 2.02. The summed E-state index contributed by atoms with van der Waals surface area (Å²) < 4.78 is 12.9. The Labute approximate surface area is 83.7 Å². The number of benzene rings is 1. The van der Waals surface area contributed by atoms with E-state index < -0.39 is 0 Å². The predicted octanol–water partition coefficient (Wildman–Crippen LogP) is 4.22. The summed E-state index contributed by atoms with van der Waals surface area (Å²) in [6, 6.07) is 4.48. The van der Waals surface area contributed by atoms with E-state index in [1.165, 1.54) is 12.1 Å². The molecule has 0 nitrogen and oxygen atoms in total. The van der Waals surface area contributed by atoms with Gasteiger partial charge < -0.3 is 0 Å². The average molecular weight is 200 g/mol. The topological polar surface area (TPSA) is 0 Å². The molecule has 0 aliphatic carbocycles. The molecule has 0 bridgehead atoms. The first-order chi connectivity index (χ1) is 6.15. The van der Waals surface area contributed by atoms with E-state index in [1.54, 1.807) is 6.07 Å². The summed E-state index contributed by atoms with van der Waals surface area (Å²) in [5.74, 6) is 0.918. The lowest BCUT2D eigenvalue weighted by atomic mass is 9.96. The molecule has 0 saturated carbocycles. The molecule has 1 aromatic carbocycles. The molecule has 0 saturated heterocycles. The van der Waals surface area contributed by atoms with Crippen LogP contribution in [0.3, 0.4) is 0 Å². The van der Waals surface area contributed by atoms with Gasteiger partial charge in [-0.05, 0) is 30.2 Å². The van der Waals surface area contributed by atoms with Gasteiger partial charge in [0, 0.05) is 10.9 Å². The molecular weight excluding hydrogens is 187 g/mol. The van der Waals surface area contributed by atoms with Crippen LogP contribution in [-0.2, 0) is 0 Å². The maximum atomic E-state index is 12.9. The van der Waals surface area contributed by atoms with E-state index in [9.17, 15) is 4.39 Å². The molecule has 2 heteroatoms. The van der Waals surface area contributed by atoms with E-state index in [4.69, 9.17) is 11.6 Å². The van der Waals surface area contributed by atoms with Crippen molar-refractivity contribution >= 4 is 11.6 Å². The van der Waals surface area contributed by atoms with Gasteiger partial charge in [0.1, 0.15) is 5.82 Å². The highest BCUT2D eigenvalue weighted by Gasteiger charge is 2.09. The molecule has 0 heterocycles. The van der Waals surface area contributed by atoms with Gasteiger partial charge in [0.05, 0.1) is 0 Å². The van der Waals surface area contributed by atoms with Crippen LogP contribution < -0.4 is 0 Å². The van der Waals surface area contributed by atoms with Crippen molar-refractivity contribution in [3.05, 3.63) is 40.5 Å². The molecule has 0 spiro atoms. The Hall–Kier alpha value is -0.560. The highest BCUT2D eigenvalue weighted by atomic mass is 35.5. The zero-order chi connectivity index (χ0) is 9.84. The summed E-state index contributed by atoms with van der Waals surface area (Å²) in [7, 11) is 0. The molecule has 71 valence electrons. The van der Waals surface area contributed by atoms with Gasteiger partial charge in [-0.2, -0.15) is 0 Å². The molecule has 1 radical (unpaired) electrons. The monoisotopic (exact) mass is 199 g/mol. The van der Waals surface area contributed by atoms with Gasteiger partial charge in [0.25, 0.3) is 0 Å². The standard InChI is InChI=1S/C11H13ClF/c1-3-4-8(2)10-7-9(13)5-6-11(10)12/h5-7H,3-4H2,1-2H3. The van der Waals surface area contributed by atoms with Crippen molar-refractivity contribution < 1.29 is 4.39 Å². The average Bonchev–Trinajstić information content (AvgIpc) is 2.09. The van der Waals surface area contributed by atoms with E-state index in [2.05, 4.69) is 6.92 Å². The first kappa shape index (κ1) is 10.5. The lowest BCUT2D eigenvalue weighted by Crippen LogP contribution is -1.95. The van der Waals surface area contributed by atoms with Crippen molar-refractivity contribution in [1.29, 1.82) is 0 Å². The summed E-state index contributed by atoms with van der Waals surface area (Å²) in [5, 5.41) is 0.632. The van der Waals surface area contributed by atoms with Crippen LogP contribution in [0.5, 0.6) is 0 Å². The molecule has 0 fully saturated rings. The second-order valence-electron chi connectivity index (χ2n) is 3.15. The van der Waals surface area contributed by atoms with Crippen molar-refractivity contribution in [3.8, 4) is 0 Å². The van der Waals surface area contributed by atoms with Crippen LogP contribution in [-0.4, -0.2) is 0 Å². The summed E-state index contributed by atoms with van der Waals surface area (Å²) in [5.41, 5.74) is 0.837. The number of hydrogen-bond acceptors (Lipinski definition) is 0. The molecule has 0 aliphatic rings. The Morgan fingerprint density at radius 1 is 1.46 bits per heavy atom. The van der Waals surface area contributed by atoms with E-state index in [0.29, 0.717) is 5.02 Å². The number of halogens is 2. The van der Waals surface area contributed by atoms with Gasteiger partial charge in [-0.3, -0.25) is 0 Å². The minimum Gasteiger partial charge on any atom is -0.207 e. The Morgan fingerprint density at radius 2 is 2.15 bits per heavy atom. The Bertz CT molecular complexity index is 283. The van der Waals surface area contributed by atoms with E-state index in [-0.39, 0.29) is 5.82 Å². The molecule has 0 amide bonds. The second kappa shape index (κ2) is 4.61. The first-order valence-corrected chi connectivity index (χ1v) is 4.80. The molecule has 1 aromatic rings. The predicted molar refractivity (Wildman–Crippen MR) is 54.3 cm³/mol. The van der Waals surface area contributed by atoms with Crippen LogP contribution in [0.15, 0.2) is 18.2 Å². The van der Waals surface area contributed by atoms with Crippen LogP contribution in [0, 0.1) is 11.7 Å². The van der Waals surface area contributed by atoms with Gasteiger partial charge in [0.15, 0.2) is 0 Å². The maximum absolute atomic E-state index is 12.9. The summed E-state index contributed by atoms with van der Waals surface area (Å²) in [6.45, 7) is 4.08. The summed E-state index contributed by atoms with van der Waals surface area (Å²) in [4.78, 5) is 0. The molecule has 13 heavy (non-hydrogen) atoms. The highest BCUT2D eigenvalue weighted by Crippen LogP contribution is 2.27. The van der Waals surface area contributed by atoms with Gasteiger partial charge in [-0.25, -0.2) is 4.39 Å². The zero-order valence-electron chi connectivity index (χ0n) is 7.90. The quantitative estimate of drug-likeness (QED) is 0.684. The van der Waals surface area contributed by atoms with Crippen molar-refractivity contribution in [1.82, 2.24) is 0 Å². The lowest BCUT2D eigenvalue weighted by molar-refractivity contribution is 0.625. The number of rotatable bonds is 3. The van der Waals surface area contributed by atoms with E-state index in [0.717, 1.165) is 24.3 Å². The second-order valence-corrected chi connectivity index (χ2v) is 3.56. The van der Waals surface area contributed by atoms with Crippen LogP contribution in [0.1, 0.15) is 32.3 Å². The molecule has 0 unspecified atom stereocenters. The fraction of sp³-hybridized carbons (Fsp3) is 0.364. The Morgan fingerprint density at radius 3 is 2.77 bits per heavy atom. The van der Waals surface area contributed by atoms with E-state index >= 15 is 0 Å². The fourth-order valence-electron chi connectivity index (χ4n) is 1.33. The molecule has 0 aromatic heterocycles. The summed E-state index contributed by atoms with van der Waals surface area (Å²) >= 11 is 5.94.